The summed E-state index contributed by atoms with van der Waals surface area (Å²) in [7, 11) is 0. The zero-order chi connectivity index (χ0) is 19.9. The second-order valence-electron chi connectivity index (χ2n) is 5.80. The number of para-hydroxylation sites is 2. The fourth-order valence-electron chi connectivity index (χ4n) is 2.37. The number of nitrogens with one attached hydrogen (secondary N) is 1. The van der Waals surface area contributed by atoms with Crippen LogP contribution in [0.2, 0.25) is 5.02 Å². The molecule has 0 saturated heterocycles. The highest BCUT2D eigenvalue weighted by Gasteiger charge is 2.08. The standard InChI is InChI=1S/C22H16ClNO4/c23-17-10-5-15(6-11-17)7-14-21(25)24-19-3-1-2-4-20(19)28-18-12-8-16(9-13-18)22(26)27/h1-14H,(H,24,25)(H,26,27)/b14-7+. The van der Waals surface area contributed by atoms with Crippen LogP contribution in [-0.4, -0.2) is 17.0 Å². The van der Waals surface area contributed by atoms with Crippen LogP contribution in [0.5, 0.6) is 11.5 Å². The number of hydrogen-bond acceptors (Lipinski definition) is 3. The summed E-state index contributed by atoms with van der Waals surface area (Å²) in [5.41, 5.74) is 1.51. The van der Waals surface area contributed by atoms with Crippen molar-refractivity contribution in [2.75, 3.05) is 5.32 Å². The molecule has 0 fully saturated rings. The molecule has 0 aliphatic heterocycles. The molecule has 0 heterocycles. The van der Waals surface area contributed by atoms with E-state index in [4.69, 9.17) is 21.4 Å². The maximum atomic E-state index is 12.2. The Morgan fingerprint density at radius 3 is 2.29 bits per heavy atom. The van der Waals surface area contributed by atoms with E-state index in [9.17, 15) is 9.59 Å². The fourth-order valence-corrected chi connectivity index (χ4v) is 2.50. The van der Waals surface area contributed by atoms with E-state index in [-0.39, 0.29) is 11.5 Å². The number of rotatable bonds is 6. The third-order valence-electron chi connectivity index (χ3n) is 3.77. The summed E-state index contributed by atoms with van der Waals surface area (Å²) < 4.78 is 5.77. The van der Waals surface area contributed by atoms with Gasteiger partial charge in [-0.05, 0) is 60.2 Å². The van der Waals surface area contributed by atoms with Gasteiger partial charge in [0.05, 0.1) is 11.3 Å². The molecule has 0 radical (unpaired) electrons. The van der Waals surface area contributed by atoms with Crippen molar-refractivity contribution >= 4 is 35.2 Å². The van der Waals surface area contributed by atoms with Gasteiger partial charge in [-0.1, -0.05) is 35.9 Å². The zero-order valence-electron chi connectivity index (χ0n) is 14.6. The Hall–Kier alpha value is -3.57. The van der Waals surface area contributed by atoms with Gasteiger partial charge in [-0.25, -0.2) is 4.79 Å². The third kappa shape index (κ3) is 5.22. The topological polar surface area (TPSA) is 75.6 Å². The molecule has 5 nitrogen and oxygen atoms in total. The maximum Gasteiger partial charge on any atom is 0.335 e. The lowest BCUT2D eigenvalue weighted by Crippen LogP contribution is -2.08. The minimum absolute atomic E-state index is 0.168. The molecule has 3 aromatic carbocycles. The second kappa shape index (κ2) is 8.88. The van der Waals surface area contributed by atoms with Crippen LogP contribution in [0.4, 0.5) is 5.69 Å². The van der Waals surface area contributed by atoms with Crippen LogP contribution in [0.1, 0.15) is 15.9 Å². The first-order valence-corrected chi connectivity index (χ1v) is 8.74. The number of halogens is 1. The van der Waals surface area contributed by atoms with E-state index < -0.39 is 5.97 Å². The molecule has 0 bridgehead atoms. The van der Waals surface area contributed by atoms with Gasteiger partial charge in [0, 0.05) is 11.1 Å². The Balaban J connectivity index is 1.70. The van der Waals surface area contributed by atoms with Crippen molar-refractivity contribution in [2.24, 2.45) is 0 Å². The van der Waals surface area contributed by atoms with Crippen LogP contribution in [-0.2, 0) is 4.79 Å². The minimum atomic E-state index is -1.01. The first-order valence-electron chi connectivity index (χ1n) is 8.36. The summed E-state index contributed by atoms with van der Waals surface area (Å²) >= 11 is 5.84. The van der Waals surface area contributed by atoms with Gasteiger partial charge < -0.3 is 15.2 Å². The van der Waals surface area contributed by atoms with Crippen molar-refractivity contribution < 1.29 is 19.4 Å². The average molecular weight is 394 g/mol. The van der Waals surface area contributed by atoms with E-state index in [1.54, 1.807) is 54.6 Å². The Morgan fingerprint density at radius 2 is 1.61 bits per heavy atom. The number of carboxylic acids is 1. The molecule has 3 aromatic rings. The number of hydrogen-bond donors (Lipinski definition) is 2. The molecule has 140 valence electrons. The van der Waals surface area contributed by atoms with Gasteiger partial charge in [-0.2, -0.15) is 0 Å². The van der Waals surface area contributed by atoms with Gasteiger partial charge in [-0.15, -0.1) is 0 Å². The summed E-state index contributed by atoms with van der Waals surface area (Å²) in [5, 5.41) is 12.4. The average Bonchev–Trinajstić information content (AvgIpc) is 2.69. The van der Waals surface area contributed by atoms with Crippen molar-refractivity contribution in [3.63, 3.8) is 0 Å². The molecule has 0 aromatic heterocycles. The summed E-state index contributed by atoms with van der Waals surface area (Å²) in [6.07, 6.45) is 3.10. The van der Waals surface area contributed by atoms with E-state index in [1.807, 2.05) is 12.1 Å². The van der Waals surface area contributed by atoms with E-state index in [0.29, 0.717) is 22.2 Å². The monoisotopic (exact) mass is 393 g/mol. The highest BCUT2D eigenvalue weighted by molar-refractivity contribution is 6.30. The van der Waals surface area contributed by atoms with E-state index >= 15 is 0 Å². The van der Waals surface area contributed by atoms with Crippen molar-refractivity contribution in [1.82, 2.24) is 0 Å². The molecule has 2 N–H and O–H groups in total. The number of aromatic carboxylic acids is 1. The normalized spacial score (nSPS) is 10.6. The molecule has 1 amide bonds. The predicted molar refractivity (Wildman–Crippen MR) is 109 cm³/mol. The Morgan fingerprint density at radius 1 is 0.929 bits per heavy atom. The van der Waals surface area contributed by atoms with Gasteiger partial charge in [0.15, 0.2) is 5.75 Å². The Labute approximate surface area is 166 Å². The molecule has 28 heavy (non-hydrogen) atoms. The van der Waals surface area contributed by atoms with E-state index in [0.717, 1.165) is 5.56 Å². The first-order chi connectivity index (χ1) is 13.5. The fraction of sp³-hybridized carbons (Fsp3) is 0. The molecule has 6 heteroatoms. The molecule has 0 aliphatic rings. The lowest BCUT2D eigenvalue weighted by atomic mass is 10.2. The lowest BCUT2D eigenvalue weighted by molar-refractivity contribution is -0.111. The van der Waals surface area contributed by atoms with Crippen molar-refractivity contribution in [3.05, 3.63) is 95.0 Å². The lowest BCUT2D eigenvalue weighted by Gasteiger charge is -2.11. The van der Waals surface area contributed by atoms with E-state index in [2.05, 4.69) is 5.32 Å². The molecule has 0 saturated carbocycles. The quantitative estimate of drug-likeness (QED) is 0.543. The molecule has 0 spiro atoms. The second-order valence-corrected chi connectivity index (χ2v) is 6.24. The molecule has 0 unspecified atom stereocenters. The van der Waals surface area contributed by atoms with Crippen LogP contribution in [0.3, 0.4) is 0 Å². The van der Waals surface area contributed by atoms with Crippen molar-refractivity contribution in [3.8, 4) is 11.5 Å². The van der Waals surface area contributed by atoms with Crippen molar-refractivity contribution in [2.45, 2.75) is 0 Å². The molecule has 0 atom stereocenters. The van der Waals surface area contributed by atoms with Crippen LogP contribution in [0.15, 0.2) is 78.9 Å². The maximum absolute atomic E-state index is 12.2. The number of carbonyl (C=O) groups is 2. The number of amides is 1. The minimum Gasteiger partial charge on any atom is -0.478 e. The van der Waals surface area contributed by atoms with Crippen LogP contribution in [0, 0.1) is 0 Å². The molecule has 3 rings (SSSR count). The van der Waals surface area contributed by atoms with Crippen LogP contribution in [0.25, 0.3) is 6.08 Å². The SMILES string of the molecule is O=C(/C=C/c1ccc(Cl)cc1)Nc1ccccc1Oc1ccc(C(=O)O)cc1. The van der Waals surface area contributed by atoms with Gasteiger partial charge in [0.25, 0.3) is 0 Å². The third-order valence-corrected chi connectivity index (χ3v) is 4.02. The smallest absolute Gasteiger partial charge is 0.335 e. The first kappa shape index (κ1) is 19.2. The number of carbonyl (C=O) groups excluding carboxylic acids is 1. The molecular weight excluding hydrogens is 378 g/mol. The summed E-state index contributed by atoms with van der Waals surface area (Å²) in [6, 6.07) is 20.1. The van der Waals surface area contributed by atoms with E-state index in [1.165, 1.54) is 18.2 Å². The largest absolute Gasteiger partial charge is 0.478 e. The molecule has 0 aliphatic carbocycles. The van der Waals surface area contributed by atoms with Crippen LogP contribution >= 0.6 is 11.6 Å². The summed E-state index contributed by atoms with van der Waals surface area (Å²) in [4.78, 5) is 23.2. The van der Waals surface area contributed by atoms with Gasteiger partial charge in [-0.3, -0.25) is 4.79 Å². The zero-order valence-corrected chi connectivity index (χ0v) is 15.4. The summed E-state index contributed by atoms with van der Waals surface area (Å²) in [6.45, 7) is 0. The van der Waals surface area contributed by atoms with Gasteiger partial charge in [0.2, 0.25) is 5.91 Å². The Kier molecular flexibility index (Phi) is 6.09. The number of benzene rings is 3. The highest BCUT2D eigenvalue weighted by Crippen LogP contribution is 2.29. The Bertz CT molecular complexity index is 1010. The van der Waals surface area contributed by atoms with Gasteiger partial charge in [0.1, 0.15) is 5.75 Å². The summed E-state index contributed by atoms with van der Waals surface area (Å²) in [5.74, 6) is -0.416. The molecular formula is C22H16ClNO4. The number of ether oxygens (including phenoxy) is 1. The predicted octanol–water partition coefficient (Wildman–Crippen LogP) is 5.48. The van der Waals surface area contributed by atoms with Crippen LogP contribution < -0.4 is 10.1 Å². The van der Waals surface area contributed by atoms with Gasteiger partial charge >= 0.3 is 5.97 Å². The van der Waals surface area contributed by atoms with Crippen molar-refractivity contribution in [1.29, 1.82) is 0 Å². The number of carboxylic acid groups (broad SMARTS) is 1. The highest BCUT2D eigenvalue weighted by atomic mass is 35.5. The number of anilines is 1.